The lowest BCUT2D eigenvalue weighted by Gasteiger charge is -2.03. The highest BCUT2D eigenvalue weighted by molar-refractivity contribution is 6.31. The highest BCUT2D eigenvalue weighted by Crippen LogP contribution is 2.30. The average Bonchev–Trinajstić information content (AvgIpc) is 3.13. The van der Waals surface area contributed by atoms with Gasteiger partial charge in [0.05, 0.1) is 5.69 Å². The predicted octanol–water partition coefficient (Wildman–Crippen LogP) is 3.60. The molecule has 1 N–H and O–H groups in total. The Kier molecular flexibility index (Phi) is 2.90. The molecule has 0 saturated heterocycles. The Morgan fingerprint density at radius 3 is 2.73 bits per heavy atom. The van der Waals surface area contributed by atoms with Gasteiger partial charge in [-0.1, -0.05) is 11.6 Å². The van der Waals surface area contributed by atoms with E-state index in [0.29, 0.717) is 16.5 Å². The Labute approximate surface area is 129 Å². The number of nitrogens with one attached hydrogen (secondary N) is 1. The van der Waals surface area contributed by atoms with E-state index in [-0.39, 0.29) is 5.82 Å². The van der Waals surface area contributed by atoms with Crippen molar-refractivity contribution in [1.82, 2.24) is 25.2 Å². The molecule has 7 heteroatoms. The molecule has 22 heavy (non-hydrogen) atoms. The Bertz CT molecular complexity index is 958. The van der Waals surface area contributed by atoms with Gasteiger partial charge in [-0.2, -0.15) is 4.68 Å². The second-order valence-electron chi connectivity index (χ2n) is 4.78. The quantitative estimate of drug-likeness (QED) is 0.615. The van der Waals surface area contributed by atoms with E-state index in [1.807, 2.05) is 24.4 Å². The molecule has 2 aromatic heterocycles. The van der Waals surface area contributed by atoms with Crippen LogP contribution < -0.4 is 0 Å². The topological polar surface area (TPSA) is 59.4 Å². The van der Waals surface area contributed by atoms with Gasteiger partial charge in [-0.05, 0) is 52.9 Å². The first-order valence-electron chi connectivity index (χ1n) is 6.54. The molecule has 4 rings (SSSR count). The van der Waals surface area contributed by atoms with Gasteiger partial charge in [-0.15, -0.1) is 5.10 Å². The maximum absolute atomic E-state index is 13.1. The fourth-order valence-corrected chi connectivity index (χ4v) is 2.56. The summed E-state index contributed by atoms with van der Waals surface area (Å²) in [5.74, 6) is 0.248. The molecule has 0 amide bonds. The average molecular weight is 314 g/mol. The van der Waals surface area contributed by atoms with Crippen LogP contribution in [0.1, 0.15) is 0 Å². The minimum absolute atomic E-state index is 0.308. The summed E-state index contributed by atoms with van der Waals surface area (Å²) in [4.78, 5) is 3.16. The first-order chi connectivity index (χ1) is 10.7. The van der Waals surface area contributed by atoms with Crippen molar-refractivity contribution in [3.8, 4) is 17.1 Å². The van der Waals surface area contributed by atoms with Crippen LogP contribution in [0, 0.1) is 5.82 Å². The number of hydrogen-bond donors (Lipinski definition) is 1. The fourth-order valence-electron chi connectivity index (χ4n) is 2.39. The van der Waals surface area contributed by atoms with E-state index < -0.39 is 0 Å². The van der Waals surface area contributed by atoms with Gasteiger partial charge in [-0.3, -0.25) is 0 Å². The third-order valence-electron chi connectivity index (χ3n) is 3.43. The molecule has 0 radical (unpaired) electrons. The third-order valence-corrected chi connectivity index (χ3v) is 3.66. The first-order valence-corrected chi connectivity index (χ1v) is 6.91. The zero-order valence-corrected chi connectivity index (χ0v) is 11.9. The molecule has 0 unspecified atom stereocenters. The molecule has 0 spiro atoms. The maximum Gasteiger partial charge on any atom is 0.189 e. The Balaban J connectivity index is 1.91. The van der Waals surface area contributed by atoms with Crippen molar-refractivity contribution in [2.75, 3.05) is 0 Å². The lowest BCUT2D eigenvalue weighted by molar-refractivity contribution is 0.627. The molecule has 2 heterocycles. The van der Waals surface area contributed by atoms with E-state index in [4.69, 9.17) is 11.6 Å². The summed E-state index contributed by atoms with van der Waals surface area (Å²) in [6.07, 6.45) is 1.83. The number of fused-ring (bicyclic) bond motifs is 1. The zero-order valence-electron chi connectivity index (χ0n) is 11.2. The summed E-state index contributed by atoms with van der Waals surface area (Å²) < 4.78 is 14.6. The normalized spacial score (nSPS) is 11.2. The van der Waals surface area contributed by atoms with Crippen LogP contribution in [0.5, 0.6) is 0 Å². The summed E-state index contributed by atoms with van der Waals surface area (Å²) in [7, 11) is 0. The minimum atomic E-state index is -0.308. The van der Waals surface area contributed by atoms with E-state index in [2.05, 4.69) is 20.5 Å². The molecule has 0 aliphatic carbocycles. The van der Waals surface area contributed by atoms with Crippen molar-refractivity contribution in [1.29, 1.82) is 0 Å². The second-order valence-corrected chi connectivity index (χ2v) is 5.22. The molecule has 0 atom stereocenters. The van der Waals surface area contributed by atoms with Gasteiger partial charge in [0.2, 0.25) is 0 Å². The summed E-state index contributed by atoms with van der Waals surface area (Å²) in [6.45, 7) is 0. The summed E-state index contributed by atoms with van der Waals surface area (Å²) in [5, 5.41) is 13.4. The SMILES string of the molecule is Fc1ccc(-n2nnnc2-c2c[nH]c3ccc(Cl)cc23)cc1. The number of benzene rings is 2. The number of H-pyrrole nitrogens is 1. The van der Waals surface area contributed by atoms with Crippen LogP contribution in [-0.4, -0.2) is 25.2 Å². The zero-order chi connectivity index (χ0) is 15.1. The lowest BCUT2D eigenvalue weighted by Crippen LogP contribution is -1.99. The molecule has 108 valence electrons. The van der Waals surface area contributed by atoms with Gasteiger partial charge in [0.1, 0.15) is 5.82 Å². The Morgan fingerprint density at radius 1 is 1.09 bits per heavy atom. The van der Waals surface area contributed by atoms with E-state index in [1.54, 1.807) is 16.8 Å². The van der Waals surface area contributed by atoms with Gasteiger partial charge >= 0.3 is 0 Å². The monoisotopic (exact) mass is 313 g/mol. The van der Waals surface area contributed by atoms with Crippen LogP contribution in [-0.2, 0) is 0 Å². The van der Waals surface area contributed by atoms with Crippen molar-refractivity contribution >= 4 is 22.5 Å². The van der Waals surface area contributed by atoms with Crippen LogP contribution in [0.15, 0.2) is 48.7 Å². The highest BCUT2D eigenvalue weighted by Gasteiger charge is 2.15. The fraction of sp³-hybridized carbons (Fsp3) is 0. The molecule has 2 aromatic carbocycles. The van der Waals surface area contributed by atoms with Gasteiger partial charge in [0.15, 0.2) is 5.82 Å². The maximum atomic E-state index is 13.1. The number of hydrogen-bond acceptors (Lipinski definition) is 3. The van der Waals surface area contributed by atoms with Crippen molar-refractivity contribution in [3.63, 3.8) is 0 Å². The first kappa shape index (κ1) is 13.0. The second kappa shape index (κ2) is 4.92. The number of aromatic amines is 1. The Morgan fingerprint density at radius 2 is 1.91 bits per heavy atom. The van der Waals surface area contributed by atoms with E-state index in [0.717, 1.165) is 16.5 Å². The van der Waals surface area contributed by atoms with Gasteiger partial charge in [0, 0.05) is 27.7 Å². The summed E-state index contributed by atoms with van der Waals surface area (Å²) >= 11 is 6.07. The van der Waals surface area contributed by atoms with Crippen LogP contribution in [0.2, 0.25) is 5.02 Å². The number of nitrogens with zero attached hydrogens (tertiary/aromatic N) is 4. The van der Waals surface area contributed by atoms with Crippen molar-refractivity contribution in [2.45, 2.75) is 0 Å². The molecule has 0 aliphatic heterocycles. The molecule has 0 fully saturated rings. The number of rotatable bonds is 2. The van der Waals surface area contributed by atoms with Crippen molar-refractivity contribution < 1.29 is 4.39 Å². The Hall–Kier alpha value is -2.73. The number of tetrazole rings is 1. The molecule has 0 bridgehead atoms. The van der Waals surface area contributed by atoms with Crippen LogP contribution in [0.4, 0.5) is 4.39 Å². The standard InChI is InChI=1S/C15H9ClFN5/c16-9-1-6-14-12(7-9)13(8-18-14)15-19-20-21-22(15)11-4-2-10(17)3-5-11/h1-8,18H. The van der Waals surface area contributed by atoms with Crippen molar-refractivity contribution in [3.05, 3.63) is 59.5 Å². The molecule has 0 saturated carbocycles. The summed E-state index contributed by atoms with van der Waals surface area (Å²) in [5.41, 5.74) is 2.44. The summed E-state index contributed by atoms with van der Waals surface area (Å²) in [6, 6.07) is 11.5. The lowest BCUT2D eigenvalue weighted by atomic mass is 10.1. The van der Waals surface area contributed by atoms with Crippen LogP contribution in [0.3, 0.4) is 0 Å². The molecular formula is C15H9ClFN5. The van der Waals surface area contributed by atoms with E-state index in [1.165, 1.54) is 12.1 Å². The smallest absolute Gasteiger partial charge is 0.189 e. The number of halogens is 2. The van der Waals surface area contributed by atoms with Gasteiger partial charge in [0.25, 0.3) is 0 Å². The molecule has 4 aromatic rings. The third kappa shape index (κ3) is 2.05. The van der Waals surface area contributed by atoms with Gasteiger partial charge in [-0.25, -0.2) is 4.39 Å². The molecule has 5 nitrogen and oxygen atoms in total. The number of aromatic nitrogens is 5. The minimum Gasteiger partial charge on any atom is -0.360 e. The van der Waals surface area contributed by atoms with E-state index in [9.17, 15) is 4.39 Å². The van der Waals surface area contributed by atoms with Crippen LogP contribution in [0.25, 0.3) is 28.0 Å². The van der Waals surface area contributed by atoms with Crippen molar-refractivity contribution in [2.24, 2.45) is 0 Å². The largest absolute Gasteiger partial charge is 0.360 e. The molecule has 0 aliphatic rings. The van der Waals surface area contributed by atoms with Crippen LogP contribution >= 0.6 is 11.6 Å². The van der Waals surface area contributed by atoms with E-state index >= 15 is 0 Å². The van der Waals surface area contributed by atoms with Gasteiger partial charge < -0.3 is 4.98 Å². The predicted molar refractivity (Wildman–Crippen MR) is 81.4 cm³/mol. The highest BCUT2D eigenvalue weighted by atomic mass is 35.5. The molecular weight excluding hydrogens is 305 g/mol.